The predicted molar refractivity (Wildman–Crippen MR) is 118 cm³/mol. The van der Waals surface area contributed by atoms with Crippen molar-refractivity contribution in [2.75, 3.05) is 16.0 Å². The zero-order valence-electron chi connectivity index (χ0n) is 17.2. The minimum Gasteiger partial charge on any atom is -0.340 e. The van der Waals surface area contributed by atoms with Crippen LogP contribution in [-0.2, 0) is 0 Å². The van der Waals surface area contributed by atoms with Crippen LogP contribution in [0.3, 0.4) is 0 Å². The molecule has 166 valence electrons. The van der Waals surface area contributed by atoms with Crippen molar-refractivity contribution in [1.82, 2.24) is 15.0 Å². The molecule has 0 fully saturated rings. The van der Waals surface area contributed by atoms with E-state index in [9.17, 15) is 18.0 Å². The number of nitrogens with zero attached hydrogens (tertiary/aromatic N) is 3. The lowest BCUT2D eigenvalue weighted by Gasteiger charge is -2.11. The molecular formula is C23H17F3N6O. The first-order valence-electron chi connectivity index (χ1n) is 9.75. The summed E-state index contributed by atoms with van der Waals surface area (Å²) >= 11 is 0. The molecule has 2 aromatic heterocycles. The van der Waals surface area contributed by atoms with Gasteiger partial charge in [0.15, 0.2) is 17.5 Å². The number of rotatable bonds is 6. The first kappa shape index (κ1) is 21.8. The Kier molecular flexibility index (Phi) is 6.16. The molecule has 10 heteroatoms. The molecule has 0 spiro atoms. The Labute approximate surface area is 186 Å². The number of benzene rings is 2. The number of aryl methyl sites for hydroxylation is 1. The van der Waals surface area contributed by atoms with Gasteiger partial charge in [-0.05, 0) is 55.5 Å². The molecule has 0 unspecified atom stereocenters. The molecule has 0 aliphatic rings. The fourth-order valence-electron chi connectivity index (χ4n) is 2.95. The van der Waals surface area contributed by atoms with E-state index in [1.807, 2.05) is 18.2 Å². The number of halogens is 3. The van der Waals surface area contributed by atoms with Crippen molar-refractivity contribution in [2.45, 2.75) is 6.92 Å². The first-order valence-corrected chi connectivity index (χ1v) is 9.75. The number of hydrogen-bond donors (Lipinski definition) is 3. The first-order chi connectivity index (χ1) is 15.9. The number of amides is 1. The summed E-state index contributed by atoms with van der Waals surface area (Å²) in [6.07, 6.45) is 1.66. The minimum atomic E-state index is -1.70. The van der Waals surface area contributed by atoms with E-state index in [0.29, 0.717) is 40.7 Å². The fourth-order valence-corrected chi connectivity index (χ4v) is 2.95. The Morgan fingerprint density at radius 2 is 1.48 bits per heavy atom. The second-order valence-electron chi connectivity index (χ2n) is 6.91. The van der Waals surface area contributed by atoms with Crippen molar-refractivity contribution >= 4 is 34.7 Å². The van der Waals surface area contributed by atoms with E-state index >= 15 is 0 Å². The lowest BCUT2D eigenvalue weighted by atomic mass is 10.1. The van der Waals surface area contributed by atoms with E-state index in [-0.39, 0.29) is 0 Å². The molecule has 0 saturated carbocycles. The fraction of sp³-hybridized carbons (Fsp3) is 0.0435. The van der Waals surface area contributed by atoms with Crippen LogP contribution in [0, 0.1) is 24.4 Å². The van der Waals surface area contributed by atoms with Crippen molar-refractivity contribution < 1.29 is 18.0 Å². The predicted octanol–water partition coefficient (Wildman–Crippen LogP) is 5.34. The number of carbonyl (C=O) groups is 1. The van der Waals surface area contributed by atoms with Crippen LogP contribution in [0.2, 0.25) is 0 Å². The number of hydrogen-bond acceptors (Lipinski definition) is 6. The average molecular weight is 450 g/mol. The monoisotopic (exact) mass is 450 g/mol. The summed E-state index contributed by atoms with van der Waals surface area (Å²) in [4.78, 5) is 25.1. The van der Waals surface area contributed by atoms with Gasteiger partial charge in [0, 0.05) is 23.6 Å². The Balaban J connectivity index is 1.45. The number of nitrogens with one attached hydrogen (secondary N) is 3. The van der Waals surface area contributed by atoms with Gasteiger partial charge in [-0.15, -0.1) is 0 Å². The molecule has 0 saturated heterocycles. The van der Waals surface area contributed by atoms with Crippen LogP contribution in [0.4, 0.5) is 42.0 Å². The number of pyridine rings is 1. The van der Waals surface area contributed by atoms with E-state index in [0.717, 1.165) is 6.07 Å². The molecule has 2 heterocycles. The van der Waals surface area contributed by atoms with E-state index in [2.05, 4.69) is 30.9 Å². The summed E-state index contributed by atoms with van der Waals surface area (Å²) in [5.41, 5.74) is 0.403. The molecule has 0 radical (unpaired) electrons. The summed E-state index contributed by atoms with van der Waals surface area (Å²) < 4.78 is 40.3. The van der Waals surface area contributed by atoms with Crippen LogP contribution >= 0.6 is 0 Å². The smallest absolute Gasteiger partial charge is 0.258 e. The van der Waals surface area contributed by atoms with Crippen LogP contribution in [0.1, 0.15) is 16.2 Å². The molecule has 4 rings (SSSR count). The third-order valence-electron chi connectivity index (χ3n) is 4.45. The van der Waals surface area contributed by atoms with Crippen molar-refractivity contribution in [1.29, 1.82) is 0 Å². The van der Waals surface area contributed by atoms with Gasteiger partial charge in [-0.1, -0.05) is 6.07 Å². The second kappa shape index (κ2) is 9.35. The molecule has 0 aliphatic carbocycles. The van der Waals surface area contributed by atoms with Gasteiger partial charge in [0.1, 0.15) is 23.3 Å². The maximum Gasteiger partial charge on any atom is 0.258 e. The normalized spacial score (nSPS) is 10.5. The molecule has 33 heavy (non-hydrogen) atoms. The van der Waals surface area contributed by atoms with Crippen molar-refractivity contribution in [3.05, 3.63) is 95.7 Å². The molecule has 1 amide bonds. The van der Waals surface area contributed by atoms with Crippen molar-refractivity contribution in [3.63, 3.8) is 0 Å². The van der Waals surface area contributed by atoms with E-state index in [4.69, 9.17) is 0 Å². The zero-order chi connectivity index (χ0) is 23.4. The lowest BCUT2D eigenvalue weighted by Crippen LogP contribution is -2.15. The third kappa shape index (κ3) is 5.24. The third-order valence-corrected chi connectivity index (χ3v) is 4.45. The van der Waals surface area contributed by atoms with Crippen LogP contribution in [0.5, 0.6) is 0 Å². The maximum atomic E-state index is 13.8. The van der Waals surface area contributed by atoms with Crippen LogP contribution in [0.15, 0.2) is 66.9 Å². The molecule has 0 bridgehead atoms. The summed E-state index contributed by atoms with van der Waals surface area (Å²) in [5.74, 6) is -3.24. The van der Waals surface area contributed by atoms with Gasteiger partial charge in [0.05, 0.1) is 5.56 Å². The highest BCUT2D eigenvalue weighted by Gasteiger charge is 2.18. The Hall–Kier alpha value is -4.47. The molecule has 0 aliphatic heterocycles. The van der Waals surface area contributed by atoms with Gasteiger partial charge in [-0.25, -0.2) is 28.1 Å². The largest absolute Gasteiger partial charge is 0.340 e. The van der Waals surface area contributed by atoms with Gasteiger partial charge >= 0.3 is 0 Å². The van der Waals surface area contributed by atoms with Gasteiger partial charge in [0.2, 0.25) is 0 Å². The average Bonchev–Trinajstić information content (AvgIpc) is 2.79. The van der Waals surface area contributed by atoms with E-state index < -0.39 is 28.9 Å². The highest BCUT2D eigenvalue weighted by atomic mass is 19.2. The summed E-state index contributed by atoms with van der Waals surface area (Å²) in [6.45, 7) is 1.75. The summed E-state index contributed by atoms with van der Waals surface area (Å²) in [7, 11) is 0. The van der Waals surface area contributed by atoms with Gasteiger partial charge < -0.3 is 16.0 Å². The summed E-state index contributed by atoms with van der Waals surface area (Å²) in [5, 5.41) is 8.67. The molecule has 7 nitrogen and oxygen atoms in total. The van der Waals surface area contributed by atoms with Crippen molar-refractivity contribution in [2.24, 2.45) is 0 Å². The quantitative estimate of drug-likeness (QED) is 0.344. The van der Waals surface area contributed by atoms with Gasteiger partial charge in [-0.3, -0.25) is 4.79 Å². The Morgan fingerprint density at radius 1 is 0.788 bits per heavy atom. The Morgan fingerprint density at radius 3 is 2.18 bits per heavy atom. The molecule has 3 N–H and O–H groups in total. The van der Waals surface area contributed by atoms with Gasteiger partial charge in [-0.2, -0.15) is 0 Å². The van der Waals surface area contributed by atoms with Crippen LogP contribution in [0.25, 0.3) is 0 Å². The SMILES string of the molecule is Cc1nc(Nc2ccc(NC(=O)c3ccc(F)c(F)c3F)cc2)cc(Nc2ccccn2)n1. The number of carbonyl (C=O) groups excluding carboxylic acids is 1. The molecule has 4 aromatic rings. The standard InChI is InChI=1S/C23H17F3N6O/c1-13-28-19(12-20(29-13)32-18-4-2-3-11-27-18)30-14-5-7-15(8-6-14)31-23(33)16-9-10-17(24)22(26)21(16)25/h2-12H,1H3,(H,31,33)(H2,27,28,29,30,32). The van der Waals surface area contributed by atoms with Gasteiger partial charge in [0.25, 0.3) is 5.91 Å². The number of aromatic nitrogens is 3. The zero-order valence-corrected chi connectivity index (χ0v) is 17.2. The molecular weight excluding hydrogens is 433 g/mol. The molecule has 0 atom stereocenters. The minimum absolute atomic E-state index is 0.339. The van der Waals surface area contributed by atoms with E-state index in [1.54, 1.807) is 43.5 Å². The van der Waals surface area contributed by atoms with Crippen LogP contribution < -0.4 is 16.0 Å². The summed E-state index contributed by atoms with van der Waals surface area (Å²) in [6, 6.07) is 15.2. The lowest BCUT2D eigenvalue weighted by molar-refractivity contribution is 0.102. The topological polar surface area (TPSA) is 91.8 Å². The Bertz CT molecular complexity index is 1300. The maximum absolute atomic E-state index is 13.8. The molecule has 2 aromatic carbocycles. The number of anilines is 5. The highest BCUT2D eigenvalue weighted by molar-refractivity contribution is 6.04. The van der Waals surface area contributed by atoms with E-state index in [1.165, 1.54) is 0 Å². The van der Waals surface area contributed by atoms with Crippen LogP contribution in [-0.4, -0.2) is 20.9 Å². The second-order valence-corrected chi connectivity index (χ2v) is 6.91. The highest BCUT2D eigenvalue weighted by Crippen LogP contribution is 2.22. The van der Waals surface area contributed by atoms with Crippen molar-refractivity contribution in [3.8, 4) is 0 Å².